The first kappa shape index (κ1) is 23.5. The van der Waals surface area contributed by atoms with Crippen LogP contribution in [0.15, 0.2) is 53.9 Å². The number of nitrogens with one attached hydrogen (secondary N) is 1. The second kappa shape index (κ2) is 11.0. The maximum absolute atomic E-state index is 13.0. The van der Waals surface area contributed by atoms with Crippen LogP contribution in [0.1, 0.15) is 46.7 Å². The van der Waals surface area contributed by atoms with Crippen molar-refractivity contribution in [1.29, 1.82) is 0 Å². The lowest BCUT2D eigenvalue weighted by Crippen LogP contribution is -2.38. The molecule has 0 aliphatic carbocycles. The molecule has 2 heterocycles. The lowest BCUT2D eigenvalue weighted by molar-refractivity contribution is -0.129. The summed E-state index contributed by atoms with van der Waals surface area (Å²) in [5.74, 6) is 0.862. The Bertz CT molecular complexity index is 1100. The largest absolute Gasteiger partial charge is 0.342 e. The number of benzene rings is 2. The second-order valence-corrected chi connectivity index (χ2v) is 9.96. The quantitative estimate of drug-likeness (QED) is 0.473. The number of nitrogens with zero attached hydrogens (tertiary/aromatic N) is 2. The van der Waals surface area contributed by atoms with Gasteiger partial charge in [0.15, 0.2) is 0 Å². The van der Waals surface area contributed by atoms with Crippen molar-refractivity contribution in [2.75, 3.05) is 30.4 Å². The van der Waals surface area contributed by atoms with E-state index in [-0.39, 0.29) is 11.8 Å². The number of anilines is 1. The lowest BCUT2D eigenvalue weighted by atomic mass is 9.97. The molecule has 0 unspecified atom stereocenters. The highest BCUT2D eigenvalue weighted by atomic mass is 32.2. The number of thiazole rings is 1. The summed E-state index contributed by atoms with van der Waals surface area (Å²) in [6, 6.07) is 16.3. The number of aromatic nitrogens is 1. The smallest absolute Gasteiger partial charge is 0.275 e. The van der Waals surface area contributed by atoms with Crippen molar-refractivity contribution in [2.24, 2.45) is 0 Å². The number of likely N-dealkylation sites (tertiary alicyclic amines) is 1. The molecule has 0 spiro atoms. The highest BCUT2D eigenvalue weighted by molar-refractivity contribution is 7.99. The molecule has 1 saturated heterocycles. The molecule has 0 atom stereocenters. The molecule has 7 heteroatoms. The van der Waals surface area contributed by atoms with Crippen molar-refractivity contribution in [3.05, 3.63) is 70.2 Å². The van der Waals surface area contributed by atoms with Crippen LogP contribution in [0, 0.1) is 0 Å². The monoisotopic (exact) mass is 479 g/mol. The number of thioether (sulfide) groups is 1. The predicted octanol–water partition coefficient (Wildman–Crippen LogP) is 5.69. The highest BCUT2D eigenvalue weighted by Gasteiger charge is 2.26. The van der Waals surface area contributed by atoms with Crippen molar-refractivity contribution in [3.63, 3.8) is 0 Å². The summed E-state index contributed by atoms with van der Waals surface area (Å²) in [6.45, 7) is 3.66. The van der Waals surface area contributed by atoms with Crippen LogP contribution in [-0.4, -0.2) is 46.8 Å². The molecule has 1 aromatic heterocycles. The Morgan fingerprint density at radius 1 is 1.12 bits per heavy atom. The van der Waals surface area contributed by atoms with Gasteiger partial charge in [0.1, 0.15) is 5.69 Å². The molecular weight excluding hydrogens is 450 g/mol. The number of piperidine rings is 1. The van der Waals surface area contributed by atoms with Gasteiger partial charge in [0.2, 0.25) is 5.91 Å². The van der Waals surface area contributed by atoms with Gasteiger partial charge >= 0.3 is 0 Å². The topological polar surface area (TPSA) is 62.3 Å². The minimum Gasteiger partial charge on any atom is -0.342 e. The van der Waals surface area contributed by atoms with E-state index < -0.39 is 0 Å². The van der Waals surface area contributed by atoms with Crippen LogP contribution in [0.4, 0.5) is 5.69 Å². The molecule has 0 bridgehead atoms. The Hall–Kier alpha value is -2.64. The van der Waals surface area contributed by atoms with Crippen molar-refractivity contribution in [1.82, 2.24) is 9.88 Å². The summed E-state index contributed by atoms with van der Waals surface area (Å²) in [7, 11) is 0. The number of hydrogen-bond acceptors (Lipinski definition) is 5. The van der Waals surface area contributed by atoms with Crippen molar-refractivity contribution in [3.8, 4) is 11.1 Å². The van der Waals surface area contributed by atoms with E-state index in [1.165, 1.54) is 5.56 Å². The van der Waals surface area contributed by atoms with E-state index in [2.05, 4.69) is 41.5 Å². The number of amides is 2. The van der Waals surface area contributed by atoms with Crippen molar-refractivity contribution in [2.45, 2.75) is 32.1 Å². The fraction of sp³-hybridized carbons (Fsp3) is 0.346. The summed E-state index contributed by atoms with van der Waals surface area (Å²) in [5.41, 5.74) is 4.58. The third kappa shape index (κ3) is 5.65. The van der Waals surface area contributed by atoms with Gasteiger partial charge in [0.05, 0.1) is 10.8 Å². The van der Waals surface area contributed by atoms with E-state index in [1.54, 1.807) is 23.1 Å². The fourth-order valence-corrected chi connectivity index (χ4v) is 5.52. The molecule has 1 fully saturated rings. The van der Waals surface area contributed by atoms with Crippen LogP contribution in [0.2, 0.25) is 0 Å². The van der Waals surface area contributed by atoms with E-state index in [0.29, 0.717) is 17.4 Å². The summed E-state index contributed by atoms with van der Waals surface area (Å²) in [5, 5.41) is 5.88. The molecule has 0 saturated carbocycles. The fourth-order valence-electron chi connectivity index (χ4n) is 4.12. The summed E-state index contributed by atoms with van der Waals surface area (Å²) < 4.78 is 0. The average molecular weight is 480 g/mol. The molecule has 3 aromatic rings. The zero-order valence-electron chi connectivity index (χ0n) is 19.0. The van der Waals surface area contributed by atoms with Crippen LogP contribution >= 0.6 is 23.1 Å². The van der Waals surface area contributed by atoms with Crippen LogP contribution in [0.3, 0.4) is 0 Å². The maximum Gasteiger partial charge on any atom is 0.275 e. The standard InChI is InChI=1S/C26H29N3O2S2/c1-3-18-8-10-19(11-9-18)21-6-4-5-7-22(21)27-25(31)23-16-33-26(28-23)20-12-14-29(15-13-20)24(30)17-32-2/h4-11,16,20H,3,12-15,17H2,1-2H3,(H,27,31). The van der Waals surface area contributed by atoms with E-state index in [4.69, 9.17) is 0 Å². The third-order valence-corrected chi connectivity index (χ3v) is 7.61. The summed E-state index contributed by atoms with van der Waals surface area (Å²) >= 11 is 3.10. The van der Waals surface area contributed by atoms with Gasteiger partial charge in [-0.15, -0.1) is 11.3 Å². The number of para-hydroxylation sites is 1. The third-order valence-electron chi connectivity index (χ3n) is 6.07. The summed E-state index contributed by atoms with van der Waals surface area (Å²) in [4.78, 5) is 31.7. The first-order valence-corrected chi connectivity index (χ1v) is 13.6. The second-order valence-electron chi connectivity index (χ2n) is 8.21. The van der Waals surface area contributed by atoms with Gasteiger partial charge in [-0.25, -0.2) is 4.98 Å². The summed E-state index contributed by atoms with van der Waals surface area (Å²) in [6.07, 6.45) is 4.74. The Morgan fingerprint density at radius 2 is 1.85 bits per heavy atom. The minimum atomic E-state index is -0.192. The first-order chi connectivity index (χ1) is 16.1. The molecule has 1 aliphatic rings. The molecule has 1 aliphatic heterocycles. The Labute approximate surface area is 203 Å². The van der Waals surface area contributed by atoms with Gasteiger partial charge in [-0.3, -0.25) is 9.59 Å². The molecule has 5 nitrogen and oxygen atoms in total. The molecular formula is C26H29N3O2S2. The zero-order valence-corrected chi connectivity index (χ0v) is 20.7. The molecule has 172 valence electrons. The molecule has 33 heavy (non-hydrogen) atoms. The number of rotatable bonds is 7. The Morgan fingerprint density at radius 3 is 2.55 bits per heavy atom. The molecule has 1 N–H and O–H groups in total. The normalized spacial score (nSPS) is 14.3. The van der Waals surface area contributed by atoms with Crippen LogP contribution in [0.25, 0.3) is 11.1 Å². The Kier molecular flexibility index (Phi) is 7.83. The van der Waals surface area contributed by atoms with E-state index in [1.807, 2.05) is 40.8 Å². The van der Waals surface area contributed by atoms with E-state index in [9.17, 15) is 9.59 Å². The van der Waals surface area contributed by atoms with Gasteiger partial charge in [-0.2, -0.15) is 11.8 Å². The van der Waals surface area contributed by atoms with Crippen LogP contribution in [0.5, 0.6) is 0 Å². The van der Waals surface area contributed by atoms with Gasteiger partial charge in [-0.05, 0) is 42.7 Å². The van der Waals surface area contributed by atoms with Gasteiger partial charge in [0.25, 0.3) is 5.91 Å². The van der Waals surface area contributed by atoms with E-state index in [0.717, 1.165) is 54.2 Å². The molecule has 2 amide bonds. The number of carbonyl (C=O) groups excluding carboxylic acids is 2. The van der Waals surface area contributed by atoms with Gasteiger partial charge in [-0.1, -0.05) is 49.4 Å². The average Bonchev–Trinajstić information content (AvgIpc) is 3.35. The predicted molar refractivity (Wildman–Crippen MR) is 138 cm³/mol. The zero-order chi connectivity index (χ0) is 23.2. The molecule has 0 radical (unpaired) electrons. The van der Waals surface area contributed by atoms with Crippen molar-refractivity contribution < 1.29 is 9.59 Å². The maximum atomic E-state index is 13.0. The molecule has 4 rings (SSSR count). The first-order valence-electron chi connectivity index (χ1n) is 11.3. The highest BCUT2D eigenvalue weighted by Crippen LogP contribution is 2.32. The van der Waals surface area contributed by atoms with Crippen LogP contribution < -0.4 is 5.32 Å². The van der Waals surface area contributed by atoms with Gasteiger partial charge in [0, 0.05) is 35.6 Å². The van der Waals surface area contributed by atoms with Gasteiger partial charge < -0.3 is 10.2 Å². The Balaban J connectivity index is 1.42. The van der Waals surface area contributed by atoms with Crippen molar-refractivity contribution >= 4 is 40.6 Å². The number of aryl methyl sites for hydroxylation is 1. The van der Waals surface area contributed by atoms with E-state index >= 15 is 0 Å². The van der Waals surface area contributed by atoms with Crippen LogP contribution in [-0.2, 0) is 11.2 Å². The minimum absolute atomic E-state index is 0.192. The number of carbonyl (C=O) groups is 2. The SMILES string of the molecule is CCc1ccc(-c2ccccc2NC(=O)c2csc(C3CCN(C(=O)CSC)CC3)n2)cc1. The molecule has 2 aromatic carbocycles. The number of hydrogen-bond donors (Lipinski definition) is 1. The lowest BCUT2D eigenvalue weighted by Gasteiger charge is -2.31.